The van der Waals surface area contributed by atoms with E-state index in [0.717, 1.165) is 11.1 Å². The number of nitrogens with two attached hydrogens (primary N) is 2. The van der Waals surface area contributed by atoms with Crippen LogP contribution in [0.25, 0.3) is 0 Å². The number of nitrogens with one attached hydrogen (secondary N) is 2. The normalized spacial score (nSPS) is 19.4. The van der Waals surface area contributed by atoms with Gasteiger partial charge in [-0.3, -0.25) is 0 Å². The van der Waals surface area contributed by atoms with Crippen molar-refractivity contribution in [3.8, 4) is 0 Å². The van der Waals surface area contributed by atoms with Crippen LogP contribution in [-0.2, 0) is 13.1 Å². The Kier molecular flexibility index (Phi) is 10.6. The van der Waals surface area contributed by atoms with Crippen LogP contribution in [0.4, 0.5) is 0 Å². The Hall–Kier alpha value is -1.51. The zero-order chi connectivity index (χ0) is 19.6. The summed E-state index contributed by atoms with van der Waals surface area (Å²) >= 11 is 0. The molecular weight excluding hydrogens is 475 g/mol. The van der Waals surface area contributed by atoms with E-state index < -0.39 is 0 Å². The Bertz CT molecular complexity index is 589. The summed E-state index contributed by atoms with van der Waals surface area (Å²) in [5, 5.41) is 6.71. The molecule has 162 valence electrons. The van der Waals surface area contributed by atoms with Crippen LogP contribution in [0.15, 0.2) is 34.3 Å². The summed E-state index contributed by atoms with van der Waals surface area (Å²) in [4.78, 5) is 8.97. The van der Waals surface area contributed by atoms with Gasteiger partial charge in [-0.05, 0) is 36.8 Å². The van der Waals surface area contributed by atoms with Crippen molar-refractivity contribution >= 4 is 35.9 Å². The molecule has 0 heterocycles. The third-order valence-electron chi connectivity index (χ3n) is 5.80. The van der Waals surface area contributed by atoms with E-state index in [1.165, 1.54) is 64.2 Å². The summed E-state index contributed by atoms with van der Waals surface area (Å²) in [5.74, 6) is 1.12. The van der Waals surface area contributed by atoms with E-state index in [1.807, 2.05) is 0 Å². The van der Waals surface area contributed by atoms with Crippen molar-refractivity contribution in [1.82, 2.24) is 10.6 Å². The summed E-state index contributed by atoms with van der Waals surface area (Å²) in [6.45, 7) is 1.20. The lowest BCUT2D eigenvalue weighted by Crippen LogP contribution is -2.41. The zero-order valence-electron chi connectivity index (χ0n) is 17.4. The highest BCUT2D eigenvalue weighted by molar-refractivity contribution is 14.0. The van der Waals surface area contributed by atoms with Gasteiger partial charge in [0.05, 0.1) is 13.1 Å². The van der Waals surface area contributed by atoms with Crippen LogP contribution in [0, 0.1) is 0 Å². The minimum Gasteiger partial charge on any atom is -0.370 e. The molecule has 0 radical (unpaired) electrons. The quantitative estimate of drug-likeness (QED) is 0.265. The van der Waals surface area contributed by atoms with Crippen LogP contribution in [0.3, 0.4) is 0 Å². The van der Waals surface area contributed by atoms with Crippen molar-refractivity contribution in [2.45, 2.75) is 89.4 Å². The standard InChI is InChI=1S/C22H36N6.HI/c23-21(27-19-7-3-1-4-8-19)25-15-17-11-13-18(14-12-17)16-26-22(24)28-20-9-5-2-6-10-20;/h11-14,19-20H,1-10,15-16H2,(H3,23,25,27)(H3,24,26,28);1H. The average molecular weight is 512 g/mol. The molecule has 0 aromatic heterocycles. The molecule has 0 amide bonds. The summed E-state index contributed by atoms with van der Waals surface area (Å²) in [7, 11) is 0. The predicted octanol–water partition coefficient (Wildman–Crippen LogP) is 3.78. The molecule has 3 rings (SSSR count). The molecule has 0 aliphatic heterocycles. The molecule has 1 aromatic rings. The molecule has 0 spiro atoms. The lowest BCUT2D eigenvalue weighted by atomic mass is 9.96. The number of benzene rings is 1. The molecule has 1 aromatic carbocycles. The van der Waals surface area contributed by atoms with Crippen LogP contribution >= 0.6 is 24.0 Å². The van der Waals surface area contributed by atoms with Gasteiger partial charge in [0.25, 0.3) is 0 Å². The van der Waals surface area contributed by atoms with Gasteiger partial charge in [-0.25, -0.2) is 9.98 Å². The first kappa shape index (κ1) is 23.8. The third kappa shape index (κ3) is 8.80. The van der Waals surface area contributed by atoms with Crippen molar-refractivity contribution in [2.75, 3.05) is 0 Å². The molecule has 29 heavy (non-hydrogen) atoms. The van der Waals surface area contributed by atoms with E-state index in [2.05, 4.69) is 44.9 Å². The van der Waals surface area contributed by atoms with Crippen molar-refractivity contribution < 1.29 is 0 Å². The lowest BCUT2D eigenvalue weighted by molar-refractivity contribution is 0.412. The van der Waals surface area contributed by atoms with E-state index in [0.29, 0.717) is 37.1 Å². The number of hydrogen-bond donors (Lipinski definition) is 4. The monoisotopic (exact) mass is 512 g/mol. The van der Waals surface area contributed by atoms with Gasteiger partial charge in [0.2, 0.25) is 0 Å². The van der Waals surface area contributed by atoms with Gasteiger partial charge in [-0.1, -0.05) is 62.8 Å². The first-order chi connectivity index (χ1) is 13.7. The van der Waals surface area contributed by atoms with Crippen LogP contribution in [-0.4, -0.2) is 24.0 Å². The van der Waals surface area contributed by atoms with Crippen LogP contribution in [0.2, 0.25) is 0 Å². The van der Waals surface area contributed by atoms with Gasteiger partial charge in [0.1, 0.15) is 0 Å². The molecule has 7 heteroatoms. The van der Waals surface area contributed by atoms with E-state index >= 15 is 0 Å². The lowest BCUT2D eigenvalue weighted by Gasteiger charge is -2.23. The van der Waals surface area contributed by atoms with Gasteiger partial charge in [-0.15, -0.1) is 24.0 Å². The molecule has 2 fully saturated rings. The van der Waals surface area contributed by atoms with E-state index in [9.17, 15) is 0 Å². The molecule has 0 unspecified atom stereocenters. The van der Waals surface area contributed by atoms with Crippen LogP contribution in [0.1, 0.15) is 75.3 Å². The molecule has 2 aliphatic rings. The number of aliphatic imine (C=N–C) groups is 2. The summed E-state index contributed by atoms with van der Waals surface area (Å²) in [6, 6.07) is 9.34. The highest BCUT2D eigenvalue weighted by Crippen LogP contribution is 2.18. The van der Waals surface area contributed by atoms with Crippen molar-refractivity contribution in [2.24, 2.45) is 21.5 Å². The number of hydrogen-bond acceptors (Lipinski definition) is 2. The third-order valence-corrected chi connectivity index (χ3v) is 5.80. The predicted molar refractivity (Wildman–Crippen MR) is 133 cm³/mol. The van der Waals surface area contributed by atoms with E-state index in [1.54, 1.807) is 0 Å². The first-order valence-corrected chi connectivity index (χ1v) is 10.9. The van der Waals surface area contributed by atoms with Gasteiger partial charge in [0, 0.05) is 12.1 Å². The smallest absolute Gasteiger partial charge is 0.189 e. The average Bonchev–Trinajstić information content (AvgIpc) is 2.73. The fourth-order valence-electron chi connectivity index (χ4n) is 4.11. The molecule has 2 aliphatic carbocycles. The molecule has 0 bridgehead atoms. The summed E-state index contributed by atoms with van der Waals surface area (Å²) in [5.41, 5.74) is 14.4. The molecular formula is C22H37IN6. The van der Waals surface area contributed by atoms with E-state index in [4.69, 9.17) is 11.5 Å². The number of guanidine groups is 2. The molecule has 6 N–H and O–H groups in total. The minimum atomic E-state index is 0. The summed E-state index contributed by atoms with van der Waals surface area (Å²) < 4.78 is 0. The van der Waals surface area contributed by atoms with Crippen LogP contribution < -0.4 is 22.1 Å². The highest BCUT2D eigenvalue weighted by Gasteiger charge is 2.14. The van der Waals surface area contributed by atoms with Crippen molar-refractivity contribution in [3.63, 3.8) is 0 Å². The van der Waals surface area contributed by atoms with Crippen molar-refractivity contribution in [1.29, 1.82) is 0 Å². The Labute approximate surface area is 192 Å². The Morgan fingerprint density at radius 3 is 1.38 bits per heavy atom. The maximum atomic E-state index is 6.04. The van der Waals surface area contributed by atoms with Gasteiger partial charge < -0.3 is 22.1 Å². The maximum absolute atomic E-state index is 6.04. The minimum absolute atomic E-state index is 0. The number of rotatable bonds is 6. The summed E-state index contributed by atoms with van der Waals surface area (Å²) in [6.07, 6.45) is 12.6. The van der Waals surface area contributed by atoms with Gasteiger partial charge in [-0.2, -0.15) is 0 Å². The molecule has 0 saturated heterocycles. The van der Waals surface area contributed by atoms with Gasteiger partial charge in [0.15, 0.2) is 11.9 Å². The number of halogens is 1. The maximum Gasteiger partial charge on any atom is 0.189 e. The fraction of sp³-hybridized carbons (Fsp3) is 0.636. The number of nitrogens with zero attached hydrogens (tertiary/aromatic N) is 2. The van der Waals surface area contributed by atoms with Gasteiger partial charge >= 0.3 is 0 Å². The van der Waals surface area contributed by atoms with E-state index in [-0.39, 0.29) is 24.0 Å². The first-order valence-electron chi connectivity index (χ1n) is 10.9. The highest BCUT2D eigenvalue weighted by atomic mass is 127. The van der Waals surface area contributed by atoms with Crippen LogP contribution in [0.5, 0.6) is 0 Å². The molecule has 2 saturated carbocycles. The molecule has 0 atom stereocenters. The Balaban J connectivity index is 0.00000300. The SMILES string of the molecule is I.NC(=NCc1ccc(CN=C(N)NC2CCCCC2)cc1)NC1CCCCC1. The Morgan fingerprint density at radius 2 is 1.03 bits per heavy atom. The second-order valence-electron chi connectivity index (χ2n) is 8.18. The second-order valence-corrected chi connectivity index (χ2v) is 8.18. The van der Waals surface area contributed by atoms with Crippen molar-refractivity contribution in [3.05, 3.63) is 35.4 Å². The zero-order valence-corrected chi connectivity index (χ0v) is 19.7. The topological polar surface area (TPSA) is 101 Å². The fourth-order valence-corrected chi connectivity index (χ4v) is 4.11. The Morgan fingerprint density at radius 1 is 0.690 bits per heavy atom. The largest absolute Gasteiger partial charge is 0.370 e. The molecule has 6 nitrogen and oxygen atoms in total. The second kappa shape index (κ2) is 12.9.